The zero-order valence-electron chi connectivity index (χ0n) is 13.0. The van der Waals surface area contributed by atoms with Gasteiger partial charge in [0, 0.05) is 17.5 Å². The van der Waals surface area contributed by atoms with E-state index < -0.39 is 11.5 Å². The van der Waals surface area contributed by atoms with Crippen molar-refractivity contribution in [2.75, 3.05) is 0 Å². The summed E-state index contributed by atoms with van der Waals surface area (Å²) >= 11 is 0. The van der Waals surface area contributed by atoms with Crippen LogP contribution in [-0.2, 0) is 12.8 Å². The molecule has 0 spiro atoms. The molecule has 0 amide bonds. The van der Waals surface area contributed by atoms with Gasteiger partial charge in [0.2, 0.25) is 5.78 Å². The molecule has 3 rings (SSSR count). The number of hydrogen-bond acceptors (Lipinski definition) is 3. The summed E-state index contributed by atoms with van der Waals surface area (Å²) in [5.74, 6) is -1.17. The number of benzene rings is 2. The Kier molecular flexibility index (Phi) is 4.11. The summed E-state index contributed by atoms with van der Waals surface area (Å²) in [5, 5.41) is 10.2. The van der Waals surface area contributed by atoms with Gasteiger partial charge >= 0.3 is 0 Å². The van der Waals surface area contributed by atoms with Crippen LogP contribution in [0, 0.1) is 0 Å². The molecule has 0 saturated heterocycles. The van der Waals surface area contributed by atoms with E-state index in [2.05, 4.69) is 6.92 Å². The standard InChI is InChI=1S/C20H18O3/c1-2-5-13-8-10-14(11-9-13)12-17-18(21)15-6-3-4-7-16(15)19(22)20(17)23/h3-4,6-11,23H,2,5,12H2,1H3. The first-order valence-electron chi connectivity index (χ1n) is 7.80. The van der Waals surface area contributed by atoms with Crippen molar-refractivity contribution >= 4 is 11.6 Å². The van der Waals surface area contributed by atoms with Crippen LogP contribution < -0.4 is 0 Å². The molecule has 0 atom stereocenters. The van der Waals surface area contributed by atoms with E-state index in [4.69, 9.17) is 0 Å². The lowest BCUT2D eigenvalue weighted by atomic mass is 9.85. The van der Waals surface area contributed by atoms with Gasteiger partial charge in [0.15, 0.2) is 11.5 Å². The van der Waals surface area contributed by atoms with Crippen molar-refractivity contribution in [2.45, 2.75) is 26.2 Å². The van der Waals surface area contributed by atoms with E-state index in [-0.39, 0.29) is 23.3 Å². The molecule has 1 N–H and O–H groups in total. The summed E-state index contributed by atoms with van der Waals surface area (Å²) in [7, 11) is 0. The van der Waals surface area contributed by atoms with Gasteiger partial charge in [0.1, 0.15) is 0 Å². The van der Waals surface area contributed by atoms with E-state index >= 15 is 0 Å². The topological polar surface area (TPSA) is 54.4 Å². The Morgan fingerprint density at radius 3 is 2.00 bits per heavy atom. The largest absolute Gasteiger partial charge is 0.504 e. The van der Waals surface area contributed by atoms with E-state index in [0.717, 1.165) is 18.4 Å². The molecule has 23 heavy (non-hydrogen) atoms. The highest BCUT2D eigenvalue weighted by Crippen LogP contribution is 2.27. The fourth-order valence-electron chi connectivity index (χ4n) is 2.89. The van der Waals surface area contributed by atoms with Crippen LogP contribution in [0.25, 0.3) is 0 Å². The first kappa shape index (κ1) is 15.2. The molecule has 2 aromatic carbocycles. The Hall–Kier alpha value is -2.68. The third-order valence-electron chi connectivity index (χ3n) is 4.13. The molecule has 0 heterocycles. The Morgan fingerprint density at radius 1 is 0.826 bits per heavy atom. The molecule has 3 nitrogen and oxygen atoms in total. The summed E-state index contributed by atoms with van der Waals surface area (Å²) in [6.45, 7) is 2.13. The number of rotatable bonds is 4. The van der Waals surface area contributed by atoms with Crippen molar-refractivity contribution in [3.05, 3.63) is 82.1 Å². The SMILES string of the molecule is CCCc1ccc(CC2=C(O)C(=O)c3ccccc3C2=O)cc1. The number of carbonyl (C=O) groups is 2. The van der Waals surface area contributed by atoms with Gasteiger partial charge in [0.05, 0.1) is 5.57 Å². The van der Waals surface area contributed by atoms with E-state index in [1.807, 2.05) is 24.3 Å². The number of hydrogen-bond donors (Lipinski definition) is 1. The van der Waals surface area contributed by atoms with Gasteiger partial charge in [-0.1, -0.05) is 61.9 Å². The highest BCUT2D eigenvalue weighted by molar-refractivity contribution is 6.26. The fraction of sp³-hybridized carbons (Fsp3) is 0.200. The van der Waals surface area contributed by atoms with Crippen molar-refractivity contribution in [3.8, 4) is 0 Å². The molecule has 0 saturated carbocycles. The maximum atomic E-state index is 12.6. The number of aryl methyl sites for hydroxylation is 1. The highest BCUT2D eigenvalue weighted by Gasteiger charge is 2.31. The molecule has 0 fully saturated rings. The minimum Gasteiger partial charge on any atom is -0.504 e. The van der Waals surface area contributed by atoms with Crippen LogP contribution >= 0.6 is 0 Å². The zero-order valence-corrected chi connectivity index (χ0v) is 13.0. The van der Waals surface area contributed by atoms with Crippen LogP contribution in [0.1, 0.15) is 45.2 Å². The summed E-state index contributed by atoms with van der Waals surface area (Å²) < 4.78 is 0. The number of allylic oxidation sites excluding steroid dienone is 2. The normalized spacial score (nSPS) is 14.1. The number of ketones is 2. The second-order valence-corrected chi connectivity index (χ2v) is 5.77. The molecule has 0 bridgehead atoms. The predicted octanol–water partition coefficient (Wildman–Crippen LogP) is 4.07. The molecule has 1 aliphatic carbocycles. The lowest BCUT2D eigenvalue weighted by molar-refractivity contribution is 0.0927. The predicted molar refractivity (Wildman–Crippen MR) is 88.9 cm³/mol. The Balaban J connectivity index is 1.92. The van der Waals surface area contributed by atoms with Gasteiger partial charge in [-0.05, 0) is 17.5 Å². The Morgan fingerprint density at radius 2 is 1.39 bits per heavy atom. The molecular weight excluding hydrogens is 288 g/mol. The van der Waals surface area contributed by atoms with Gasteiger partial charge in [-0.25, -0.2) is 0 Å². The molecule has 2 aromatic rings. The van der Waals surface area contributed by atoms with E-state index in [0.29, 0.717) is 5.56 Å². The molecule has 0 aliphatic heterocycles. The Labute approximate surface area is 135 Å². The van der Waals surface area contributed by atoms with Crippen LogP contribution in [-0.4, -0.2) is 16.7 Å². The summed E-state index contributed by atoms with van der Waals surface area (Å²) in [6, 6.07) is 14.6. The molecule has 3 heteroatoms. The number of carbonyl (C=O) groups excluding carboxylic acids is 2. The molecule has 0 aromatic heterocycles. The number of aliphatic hydroxyl groups is 1. The molecule has 1 aliphatic rings. The molecule has 0 unspecified atom stereocenters. The fourth-order valence-corrected chi connectivity index (χ4v) is 2.89. The number of fused-ring (bicyclic) bond motifs is 1. The van der Waals surface area contributed by atoms with Gasteiger partial charge in [-0.15, -0.1) is 0 Å². The van der Waals surface area contributed by atoms with Crippen LogP contribution in [0.4, 0.5) is 0 Å². The summed E-state index contributed by atoms with van der Waals surface area (Å²) in [6.07, 6.45) is 2.35. The Bertz CT molecular complexity index is 798. The monoisotopic (exact) mass is 306 g/mol. The second kappa shape index (κ2) is 6.21. The quantitative estimate of drug-likeness (QED) is 0.926. The summed E-state index contributed by atoms with van der Waals surface area (Å²) in [4.78, 5) is 24.8. The van der Waals surface area contributed by atoms with Crippen LogP contribution in [0.2, 0.25) is 0 Å². The molecule has 116 valence electrons. The zero-order chi connectivity index (χ0) is 16.4. The van der Waals surface area contributed by atoms with Crippen molar-refractivity contribution in [3.63, 3.8) is 0 Å². The lowest BCUT2D eigenvalue weighted by Crippen LogP contribution is -2.23. The number of aliphatic hydroxyl groups excluding tert-OH is 1. The van der Waals surface area contributed by atoms with Crippen LogP contribution in [0.3, 0.4) is 0 Å². The molecule has 0 radical (unpaired) electrons. The average Bonchev–Trinajstić information content (AvgIpc) is 2.58. The van der Waals surface area contributed by atoms with Gasteiger partial charge in [0.25, 0.3) is 0 Å². The van der Waals surface area contributed by atoms with E-state index in [9.17, 15) is 14.7 Å². The third kappa shape index (κ3) is 2.82. The third-order valence-corrected chi connectivity index (χ3v) is 4.13. The van der Waals surface area contributed by atoms with Crippen molar-refractivity contribution in [1.82, 2.24) is 0 Å². The van der Waals surface area contributed by atoms with E-state index in [1.165, 1.54) is 5.56 Å². The lowest BCUT2D eigenvalue weighted by Gasteiger charge is -2.17. The second-order valence-electron chi connectivity index (χ2n) is 5.77. The molecular formula is C20H18O3. The van der Waals surface area contributed by atoms with Gasteiger partial charge < -0.3 is 5.11 Å². The van der Waals surface area contributed by atoms with Gasteiger partial charge in [-0.2, -0.15) is 0 Å². The first-order chi connectivity index (χ1) is 11.1. The first-order valence-corrected chi connectivity index (χ1v) is 7.80. The van der Waals surface area contributed by atoms with Gasteiger partial charge in [-0.3, -0.25) is 9.59 Å². The van der Waals surface area contributed by atoms with Crippen molar-refractivity contribution in [2.24, 2.45) is 0 Å². The maximum Gasteiger partial charge on any atom is 0.228 e. The smallest absolute Gasteiger partial charge is 0.228 e. The van der Waals surface area contributed by atoms with Crippen LogP contribution in [0.5, 0.6) is 0 Å². The number of Topliss-reactive ketones (excluding diaryl/α,β-unsaturated/α-hetero) is 2. The van der Waals surface area contributed by atoms with Crippen molar-refractivity contribution in [1.29, 1.82) is 0 Å². The van der Waals surface area contributed by atoms with E-state index in [1.54, 1.807) is 24.3 Å². The minimum atomic E-state index is -0.474. The maximum absolute atomic E-state index is 12.6. The highest BCUT2D eigenvalue weighted by atomic mass is 16.3. The van der Waals surface area contributed by atoms with Crippen molar-refractivity contribution < 1.29 is 14.7 Å². The average molecular weight is 306 g/mol. The van der Waals surface area contributed by atoms with Crippen LogP contribution in [0.15, 0.2) is 59.9 Å². The minimum absolute atomic E-state index is 0.178. The summed E-state index contributed by atoms with van der Waals surface area (Å²) in [5.41, 5.74) is 2.97.